The van der Waals surface area contributed by atoms with Crippen LogP contribution < -0.4 is 5.32 Å². The Labute approximate surface area is 169 Å². The highest BCUT2D eigenvalue weighted by Crippen LogP contribution is 2.25. The van der Waals surface area contributed by atoms with Crippen LogP contribution in [0.15, 0.2) is 30.5 Å². The number of aromatic nitrogens is 2. The molecular weight excluding hydrogens is 370 g/mol. The molecule has 29 heavy (non-hydrogen) atoms. The molecule has 0 bridgehead atoms. The number of hydrogen-bond acceptors (Lipinski definition) is 5. The van der Waals surface area contributed by atoms with Crippen molar-refractivity contribution >= 4 is 28.8 Å². The molecule has 2 aliphatic heterocycles. The molecule has 152 valence electrons. The number of carbonyl (C=O) groups is 3. The summed E-state index contributed by atoms with van der Waals surface area (Å²) in [5.74, 6) is -0.479. The van der Waals surface area contributed by atoms with Gasteiger partial charge in [0.05, 0.1) is 5.92 Å². The predicted molar refractivity (Wildman–Crippen MR) is 107 cm³/mol. The third kappa shape index (κ3) is 3.92. The van der Waals surface area contributed by atoms with E-state index in [1.165, 1.54) is 0 Å². The minimum absolute atomic E-state index is 0.00749. The number of hydrogen-bond donors (Lipinski definition) is 1. The average molecular weight is 395 g/mol. The van der Waals surface area contributed by atoms with E-state index in [2.05, 4.69) is 15.3 Å². The lowest BCUT2D eigenvalue weighted by Gasteiger charge is -2.40. The molecule has 2 aliphatic rings. The van der Waals surface area contributed by atoms with Gasteiger partial charge in [-0.3, -0.25) is 14.4 Å². The molecule has 0 spiro atoms. The number of amides is 3. The number of nitrogens with one attached hydrogen (secondary N) is 1. The summed E-state index contributed by atoms with van der Waals surface area (Å²) < 4.78 is 0. The molecular formula is C21H25N5O3. The molecule has 8 heteroatoms. The molecule has 8 nitrogen and oxygen atoms in total. The van der Waals surface area contributed by atoms with Gasteiger partial charge in [0.2, 0.25) is 11.8 Å². The number of nitrogens with zero attached hydrogens (tertiary/aromatic N) is 4. The summed E-state index contributed by atoms with van der Waals surface area (Å²) in [5.41, 5.74) is 0.566. The van der Waals surface area contributed by atoms with E-state index in [0.717, 1.165) is 5.39 Å². The van der Waals surface area contributed by atoms with E-state index in [1.807, 2.05) is 25.1 Å². The Hall–Kier alpha value is -3.03. The van der Waals surface area contributed by atoms with Crippen LogP contribution in [-0.2, 0) is 9.59 Å². The van der Waals surface area contributed by atoms with Crippen LogP contribution in [0, 0.1) is 5.92 Å². The second-order valence-electron chi connectivity index (χ2n) is 8.26. The molecule has 3 amide bonds. The van der Waals surface area contributed by atoms with Crippen LogP contribution in [0.3, 0.4) is 0 Å². The Kier molecular flexibility index (Phi) is 4.94. The third-order valence-electron chi connectivity index (χ3n) is 5.97. The quantitative estimate of drug-likeness (QED) is 0.843. The van der Waals surface area contributed by atoms with Crippen LogP contribution in [0.1, 0.15) is 36.7 Å². The Morgan fingerprint density at radius 3 is 2.66 bits per heavy atom. The van der Waals surface area contributed by atoms with Gasteiger partial charge in [0.1, 0.15) is 5.69 Å². The molecule has 0 saturated carbocycles. The van der Waals surface area contributed by atoms with Gasteiger partial charge < -0.3 is 15.1 Å². The van der Waals surface area contributed by atoms with E-state index < -0.39 is 0 Å². The molecule has 1 atom stereocenters. The Bertz CT molecular complexity index is 968. The molecule has 4 rings (SSSR count). The zero-order valence-corrected chi connectivity index (χ0v) is 16.7. The molecule has 0 aliphatic carbocycles. The van der Waals surface area contributed by atoms with Crippen molar-refractivity contribution in [2.45, 2.75) is 31.7 Å². The van der Waals surface area contributed by atoms with Gasteiger partial charge in [-0.15, -0.1) is 0 Å². The van der Waals surface area contributed by atoms with Gasteiger partial charge in [0, 0.05) is 50.2 Å². The van der Waals surface area contributed by atoms with Crippen molar-refractivity contribution in [1.29, 1.82) is 0 Å². The topological polar surface area (TPSA) is 95.5 Å². The van der Waals surface area contributed by atoms with Crippen molar-refractivity contribution in [3.05, 3.63) is 36.2 Å². The van der Waals surface area contributed by atoms with Crippen molar-refractivity contribution in [1.82, 2.24) is 25.1 Å². The van der Waals surface area contributed by atoms with Gasteiger partial charge in [0.15, 0.2) is 5.65 Å². The van der Waals surface area contributed by atoms with Crippen LogP contribution in [0.5, 0.6) is 0 Å². The maximum absolute atomic E-state index is 12.9. The maximum Gasteiger partial charge on any atom is 0.272 e. The summed E-state index contributed by atoms with van der Waals surface area (Å²) in [6.45, 7) is 3.56. The highest BCUT2D eigenvalue weighted by Gasteiger charge is 2.38. The molecule has 2 aromatic rings. The first-order chi connectivity index (χ1) is 13.8. The third-order valence-corrected chi connectivity index (χ3v) is 5.97. The number of likely N-dealkylation sites (tertiary alicyclic amines) is 2. The summed E-state index contributed by atoms with van der Waals surface area (Å²) in [6, 6.07) is 7.34. The zero-order valence-electron chi connectivity index (χ0n) is 16.7. The summed E-state index contributed by atoms with van der Waals surface area (Å²) in [6.07, 6.45) is 3.25. The smallest absolute Gasteiger partial charge is 0.272 e. The molecule has 2 fully saturated rings. The number of fused-ring (bicyclic) bond motifs is 1. The second kappa shape index (κ2) is 7.42. The van der Waals surface area contributed by atoms with Crippen molar-refractivity contribution in [2.24, 2.45) is 5.92 Å². The Morgan fingerprint density at radius 2 is 1.97 bits per heavy atom. The zero-order chi connectivity index (χ0) is 20.6. The van der Waals surface area contributed by atoms with E-state index in [9.17, 15) is 14.4 Å². The average Bonchev–Trinajstić information content (AvgIpc) is 3.06. The summed E-state index contributed by atoms with van der Waals surface area (Å²) in [5, 5.41) is 4.02. The number of pyridine rings is 2. The summed E-state index contributed by atoms with van der Waals surface area (Å²) in [7, 11) is 1.72. The molecule has 1 N–H and O–H groups in total. The highest BCUT2D eigenvalue weighted by molar-refractivity contribution is 5.94. The van der Waals surface area contributed by atoms with Gasteiger partial charge in [-0.1, -0.05) is 0 Å². The minimum atomic E-state index is -0.379. The standard InChI is InChI=1S/C21H25N5O3/c1-21(24-19(28)15-12-17(27)25(2)13-15)7-10-26(11-8-21)20(29)16-6-5-14-4-3-9-22-18(14)23-16/h3-6,9,15H,7-8,10-13H2,1-2H3,(H,24,28). The lowest BCUT2D eigenvalue weighted by atomic mass is 9.88. The number of rotatable bonds is 3. The summed E-state index contributed by atoms with van der Waals surface area (Å²) >= 11 is 0. The normalized spacial score (nSPS) is 21.4. The van der Waals surface area contributed by atoms with E-state index in [0.29, 0.717) is 43.8 Å². The highest BCUT2D eigenvalue weighted by atomic mass is 16.2. The fourth-order valence-corrected chi connectivity index (χ4v) is 4.00. The molecule has 2 aromatic heterocycles. The van der Waals surface area contributed by atoms with E-state index in [1.54, 1.807) is 29.1 Å². The Morgan fingerprint density at radius 1 is 1.21 bits per heavy atom. The molecule has 0 radical (unpaired) electrons. The molecule has 2 saturated heterocycles. The Balaban J connectivity index is 1.37. The van der Waals surface area contributed by atoms with Crippen LogP contribution >= 0.6 is 0 Å². The molecule has 1 unspecified atom stereocenters. The van der Waals surface area contributed by atoms with Crippen LogP contribution in [0.4, 0.5) is 0 Å². The van der Waals surface area contributed by atoms with Crippen LogP contribution in [-0.4, -0.2) is 69.7 Å². The monoisotopic (exact) mass is 395 g/mol. The van der Waals surface area contributed by atoms with Gasteiger partial charge in [0.25, 0.3) is 5.91 Å². The first-order valence-electron chi connectivity index (χ1n) is 9.92. The van der Waals surface area contributed by atoms with Crippen LogP contribution in [0.2, 0.25) is 0 Å². The predicted octanol–water partition coefficient (Wildman–Crippen LogP) is 1.22. The van der Waals surface area contributed by atoms with Crippen molar-refractivity contribution in [3.8, 4) is 0 Å². The maximum atomic E-state index is 12.9. The molecule has 4 heterocycles. The van der Waals surface area contributed by atoms with Gasteiger partial charge >= 0.3 is 0 Å². The lowest BCUT2D eigenvalue weighted by molar-refractivity contribution is -0.129. The first kappa shape index (κ1) is 19.3. The van der Waals surface area contributed by atoms with E-state index >= 15 is 0 Å². The fourth-order valence-electron chi connectivity index (χ4n) is 4.00. The minimum Gasteiger partial charge on any atom is -0.351 e. The van der Waals surface area contributed by atoms with E-state index in [-0.39, 0.29) is 35.6 Å². The van der Waals surface area contributed by atoms with Gasteiger partial charge in [-0.2, -0.15) is 0 Å². The van der Waals surface area contributed by atoms with Crippen molar-refractivity contribution in [3.63, 3.8) is 0 Å². The number of carbonyl (C=O) groups excluding carboxylic acids is 3. The van der Waals surface area contributed by atoms with Gasteiger partial charge in [-0.25, -0.2) is 9.97 Å². The lowest BCUT2D eigenvalue weighted by Crippen LogP contribution is -2.55. The van der Waals surface area contributed by atoms with E-state index in [4.69, 9.17) is 0 Å². The SMILES string of the molecule is CN1CC(C(=O)NC2(C)CCN(C(=O)c3ccc4cccnc4n3)CC2)CC1=O. The van der Waals surface area contributed by atoms with Crippen molar-refractivity contribution in [2.75, 3.05) is 26.7 Å². The number of piperidine rings is 1. The fraction of sp³-hybridized carbons (Fsp3) is 0.476. The van der Waals surface area contributed by atoms with Crippen molar-refractivity contribution < 1.29 is 14.4 Å². The largest absolute Gasteiger partial charge is 0.351 e. The first-order valence-corrected chi connectivity index (χ1v) is 9.92. The summed E-state index contributed by atoms with van der Waals surface area (Å²) in [4.78, 5) is 49.1. The van der Waals surface area contributed by atoms with Crippen LogP contribution in [0.25, 0.3) is 11.0 Å². The van der Waals surface area contributed by atoms with Gasteiger partial charge in [-0.05, 0) is 44.0 Å². The molecule has 0 aromatic carbocycles. The second-order valence-corrected chi connectivity index (χ2v) is 8.26.